The normalized spacial score (nSPS) is 12.3. The third-order valence-corrected chi connectivity index (χ3v) is 2.11. The highest BCUT2D eigenvalue weighted by Gasteiger charge is 2.35. The van der Waals surface area contributed by atoms with Gasteiger partial charge in [-0.2, -0.15) is 26.3 Å². The minimum atomic E-state index is -4.79. The van der Waals surface area contributed by atoms with Crippen molar-refractivity contribution in [3.05, 3.63) is 29.3 Å². The Morgan fingerprint density at radius 2 is 1.74 bits per heavy atom. The Labute approximate surface area is 103 Å². The van der Waals surface area contributed by atoms with Crippen molar-refractivity contribution in [3.8, 4) is 0 Å². The van der Waals surface area contributed by atoms with Crippen molar-refractivity contribution >= 4 is 11.6 Å². The number of alkyl halides is 6. The fourth-order valence-electron chi connectivity index (χ4n) is 1.29. The highest BCUT2D eigenvalue weighted by molar-refractivity contribution is 5.99. The molecule has 0 saturated heterocycles. The summed E-state index contributed by atoms with van der Waals surface area (Å²) < 4.78 is 73.1. The maximum absolute atomic E-state index is 12.5. The van der Waals surface area contributed by atoms with E-state index < -0.39 is 41.6 Å². The van der Waals surface area contributed by atoms with Crippen molar-refractivity contribution in [1.29, 1.82) is 0 Å². The molecule has 9 heteroatoms. The predicted octanol–water partition coefficient (Wildman–Crippen LogP) is 2.58. The van der Waals surface area contributed by atoms with E-state index in [0.717, 1.165) is 12.1 Å². The van der Waals surface area contributed by atoms with Crippen molar-refractivity contribution in [3.63, 3.8) is 0 Å². The van der Waals surface area contributed by atoms with Crippen molar-refractivity contribution < 1.29 is 31.1 Å². The lowest BCUT2D eigenvalue weighted by molar-refractivity contribution is -0.137. The molecule has 0 radical (unpaired) electrons. The number of nitrogens with one attached hydrogen (secondary N) is 1. The van der Waals surface area contributed by atoms with Gasteiger partial charge >= 0.3 is 12.4 Å². The van der Waals surface area contributed by atoms with Gasteiger partial charge in [0.1, 0.15) is 6.54 Å². The van der Waals surface area contributed by atoms with E-state index in [1.54, 1.807) is 0 Å². The highest BCUT2D eigenvalue weighted by Crippen LogP contribution is 2.34. The molecular weight excluding hydrogens is 278 g/mol. The largest absolute Gasteiger partial charge is 0.418 e. The molecule has 0 saturated carbocycles. The van der Waals surface area contributed by atoms with Crippen LogP contribution < -0.4 is 11.1 Å². The van der Waals surface area contributed by atoms with Gasteiger partial charge in [-0.1, -0.05) is 6.07 Å². The van der Waals surface area contributed by atoms with Gasteiger partial charge < -0.3 is 11.1 Å². The minimum Gasteiger partial charge on any atom is -0.398 e. The Balaban J connectivity index is 2.99. The standard InChI is InChI=1S/C10H8F6N2O/c11-9(12,13)4-18-8(19)5-2-1-3-6(7(5)17)10(14,15)16/h1-3H,4,17H2,(H,18,19). The number of halogens is 6. The van der Waals surface area contributed by atoms with E-state index in [-0.39, 0.29) is 0 Å². The van der Waals surface area contributed by atoms with Crippen LogP contribution in [0.15, 0.2) is 18.2 Å². The van der Waals surface area contributed by atoms with Gasteiger partial charge in [0.15, 0.2) is 0 Å². The second kappa shape index (κ2) is 4.98. The number of carbonyl (C=O) groups is 1. The molecule has 0 fully saturated rings. The van der Waals surface area contributed by atoms with E-state index in [9.17, 15) is 31.1 Å². The first-order valence-electron chi connectivity index (χ1n) is 4.83. The fourth-order valence-corrected chi connectivity index (χ4v) is 1.29. The Bertz CT molecular complexity index is 480. The van der Waals surface area contributed by atoms with E-state index in [4.69, 9.17) is 5.73 Å². The number of hydrogen-bond acceptors (Lipinski definition) is 2. The van der Waals surface area contributed by atoms with Crippen molar-refractivity contribution in [2.45, 2.75) is 12.4 Å². The first-order chi connectivity index (χ1) is 8.52. The maximum atomic E-state index is 12.5. The molecule has 3 nitrogen and oxygen atoms in total. The van der Waals surface area contributed by atoms with Gasteiger partial charge in [-0.3, -0.25) is 4.79 Å². The average Bonchev–Trinajstić information content (AvgIpc) is 2.23. The van der Waals surface area contributed by atoms with Crippen LogP contribution in [0, 0.1) is 0 Å². The minimum absolute atomic E-state index is 0.635. The van der Waals surface area contributed by atoms with E-state index in [2.05, 4.69) is 0 Å². The lowest BCUT2D eigenvalue weighted by Crippen LogP contribution is -2.34. The quantitative estimate of drug-likeness (QED) is 0.648. The molecule has 0 aliphatic carbocycles. The Kier molecular flexibility index (Phi) is 3.97. The van der Waals surface area contributed by atoms with Gasteiger partial charge in [-0.25, -0.2) is 0 Å². The molecule has 0 spiro atoms. The van der Waals surface area contributed by atoms with Crippen LogP contribution in [0.5, 0.6) is 0 Å². The molecule has 0 aliphatic rings. The Morgan fingerprint density at radius 3 is 2.21 bits per heavy atom. The molecular formula is C10H8F6N2O. The summed E-state index contributed by atoms with van der Waals surface area (Å²) in [5.74, 6) is -1.32. The van der Waals surface area contributed by atoms with Crippen molar-refractivity contribution in [1.82, 2.24) is 5.32 Å². The molecule has 0 unspecified atom stereocenters. The SMILES string of the molecule is Nc1c(C(=O)NCC(F)(F)F)cccc1C(F)(F)F. The van der Waals surface area contributed by atoms with E-state index >= 15 is 0 Å². The van der Waals surface area contributed by atoms with Crippen LogP contribution in [0.4, 0.5) is 32.0 Å². The van der Waals surface area contributed by atoms with Crippen molar-refractivity contribution in [2.75, 3.05) is 12.3 Å². The van der Waals surface area contributed by atoms with Gasteiger partial charge in [0.2, 0.25) is 0 Å². The zero-order valence-electron chi connectivity index (χ0n) is 9.19. The lowest BCUT2D eigenvalue weighted by atomic mass is 10.1. The monoisotopic (exact) mass is 286 g/mol. The smallest absolute Gasteiger partial charge is 0.398 e. The van der Waals surface area contributed by atoms with Crippen LogP contribution in [0.1, 0.15) is 15.9 Å². The molecule has 1 aromatic rings. The van der Waals surface area contributed by atoms with Crippen LogP contribution in [0.3, 0.4) is 0 Å². The predicted molar refractivity (Wildman–Crippen MR) is 54.2 cm³/mol. The zero-order valence-corrected chi connectivity index (χ0v) is 9.19. The zero-order chi connectivity index (χ0) is 14.8. The summed E-state index contributed by atoms with van der Waals surface area (Å²) in [5.41, 5.74) is 2.32. The number of benzene rings is 1. The second-order valence-electron chi connectivity index (χ2n) is 3.56. The third-order valence-electron chi connectivity index (χ3n) is 2.11. The number of amides is 1. The summed E-state index contributed by atoms with van der Waals surface area (Å²) in [7, 11) is 0. The number of nitrogens with two attached hydrogens (primary N) is 1. The first kappa shape index (κ1) is 15.1. The highest BCUT2D eigenvalue weighted by atomic mass is 19.4. The summed E-state index contributed by atoms with van der Waals surface area (Å²) in [6, 6.07) is 2.44. The van der Waals surface area contributed by atoms with Gasteiger partial charge in [0.25, 0.3) is 5.91 Å². The Morgan fingerprint density at radius 1 is 1.16 bits per heavy atom. The molecule has 3 N–H and O–H groups in total. The maximum Gasteiger partial charge on any atom is 0.418 e. The molecule has 0 bridgehead atoms. The molecule has 0 aliphatic heterocycles. The summed E-state index contributed by atoms with van der Waals surface area (Å²) >= 11 is 0. The lowest BCUT2D eigenvalue weighted by Gasteiger charge is -2.14. The van der Waals surface area contributed by atoms with E-state index in [0.29, 0.717) is 6.07 Å². The van der Waals surface area contributed by atoms with E-state index in [1.165, 1.54) is 5.32 Å². The van der Waals surface area contributed by atoms with Crippen LogP contribution in [0.2, 0.25) is 0 Å². The van der Waals surface area contributed by atoms with Crippen LogP contribution in [-0.4, -0.2) is 18.6 Å². The molecule has 19 heavy (non-hydrogen) atoms. The number of rotatable bonds is 2. The number of para-hydroxylation sites is 1. The molecule has 0 atom stereocenters. The Hall–Kier alpha value is -1.93. The molecule has 0 heterocycles. The van der Waals surface area contributed by atoms with Crippen LogP contribution in [-0.2, 0) is 6.18 Å². The fraction of sp³-hybridized carbons (Fsp3) is 0.300. The molecule has 106 valence electrons. The summed E-state index contributed by atoms with van der Waals surface area (Å²) in [6.07, 6.45) is -9.45. The topological polar surface area (TPSA) is 55.1 Å². The van der Waals surface area contributed by atoms with Crippen LogP contribution >= 0.6 is 0 Å². The summed E-state index contributed by atoms with van der Waals surface area (Å²) in [6.45, 7) is -1.65. The number of carbonyl (C=O) groups excluding carboxylic acids is 1. The van der Waals surface area contributed by atoms with Crippen LogP contribution in [0.25, 0.3) is 0 Å². The number of nitrogen functional groups attached to an aromatic ring is 1. The van der Waals surface area contributed by atoms with Gasteiger partial charge in [0.05, 0.1) is 16.8 Å². The molecule has 0 aromatic heterocycles. The average molecular weight is 286 g/mol. The number of anilines is 1. The van der Waals surface area contributed by atoms with Gasteiger partial charge in [0, 0.05) is 0 Å². The summed E-state index contributed by atoms with van der Waals surface area (Å²) in [5, 5.41) is 1.45. The van der Waals surface area contributed by atoms with E-state index in [1.807, 2.05) is 0 Å². The molecule has 1 aromatic carbocycles. The second-order valence-corrected chi connectivity index (χ2v) is 3.56. The summed E-state index contributed by atoms with van der Waals surface area (Å²) in [4.78, 5) is 11.3. The first-order valence-corrected chi connectivity index (χ1v) is 4.83. The molecule has 1 amide bonds. The van der Waals surface area contributed by atoms with Gasteiger partial charge in [-0.05, 0) is 12.1 Å². The molecule has 1 rings (SSSR count). The van der Waals surface area contributed by atoms with Crippen molar-refractivity contribution in [2.24, 2.45) is 0 Å². The third kappa shape index (κ3) is 4.04. The number of hydrogen-bond donors (Lipinski definition) is 2. The van der Waals surface area contributed by atoms with Gasteiger partial charge in [-0.15, -0.1) is 0 Å².